The molecular formula is C14H22N2O5. The number of nitrogens with one attached hydrogen (secondary N) is 1. The molecule has 2 N–H and O–H groups in total. The van der Waals surface area contributed by atoms with Crippen molar-refractivity contribution in [3.8, 4) is 0 Å². The van der Waals surface area contributed by atoms with Crippen LogP contribution in [0, 0.1) is 11.8 Å². The molecule has 0 aromatic carbocycles. The lowest BCUT2D eigenvalue weighted by molar-refractivity contribution is -0.147. The fourth-order valence-corrected chi connectivity index (χ4v) is 3.60. The molecule has 21 heavy (non-hydrogen) atoms. The number of ether oxygens (including phenoxy) is 2. The second-order valence-corrected chi connectivity index (χ2v) is 5.93. The van der Waals surface area contributed by atoms with Gasteiger partial charge in [0.15, 0.2) is 0 Å². The zero-order valence-electron chi connectivity index (χ0n) is 12.0. The minimum absolute atomic E-state index is 0.178. The van der Waals surface area contributed by atoms with Crippen molar-refractivity contribution in [1.82, 2.24) is 10.2 Å². The normalized spacial score (nSPS) is 35.8. The lowest BCUT2D eigenvalue weighted by Gasteiger charge is -2.27. The van der Waals surface area contributed by atoms with E-state index < -0.39 is 17.8 Å². The van der Waals surface area contributed by atoms with E-state index in [1.54, 1.807) is 0 Å². The van der Waals surface area contributed by atoms with Crippen LogP contribution in [0.5, 0.6) is 0 Å². The fraction of sp³-hybridized carbons (Fsp3) is 0.857. The Morgan fingerprint density at radius 2 is 1.81 bits per heavy atom. The SMILES string of the molecule is O=C(O)C1C2CCC(O2)C1C(=O)NCCN1CCOCC1. The molecule has 0 radical (unpaired) electrons. The van der Waals surface area contributed by atoms with Crippen molar-refractivity contribution in [2.24, 2.45) is 11.8 Å². The molecule has 2 bridgehead atoms. The number of aliphatic carboxylic acids is 1. The number of amides is 1. The molecule has 3 heterocycles. The van der Waals surface area contributed by atoms with Crippen molar-refractivity contribution in [3.05, 3.63) is 0 Å². The average Bonchev–Trinajstić information content (AvgIpc) is 3.08. The van der Waals surface area contributed by atoms with E-state index in [0.29, 0.717) is 6.54 Å². The Hall–Kier alpha value is -1.18. The first-order valence-electron chi connectivity index (χ1n) is 7.63. The number of hydrogen-bond acceptors (Lipinski definition) is 5. The second kappa shape index (κ2) is 6.29. The first-order chi connectivity index (χ1) is 10.2. The summed E-state index contributed by atoms with van der Waals surface area (Å²) in [5.74, 6) is -2.32. The summed E-state index contributed by atoms with van der Waals surface area (Å²) in [7, 11) is 0. The van der Waals surface area contributed by atoms with Gasteiger partial charge in [-0.1, -0.05) is 0 Å². The summed E-state index contributed by atoms with van der Waals surface area (Å²) in [6, 6.07) is 0. The molecule has 3 rings (SSSR count). The maximum Gasteiger partial charge on any atom is 0.310 e. The van der Waals surface area contributed by atoms with Crippen molar-refractivity contribution >= 4 is 11.9 Å². The molecule has 118 valence electrons. The van der Waals surface area contributed by atoms with Gasteiger partial charge in [0, 0.05) is 26.2 Å². The van der Waals surface area contributed by atoms with E-state index in [4.69, 9.17) is 9.47 Å². The predicted molar refractivity (Wildman–Crippen MR) is 72.8 cm³/mol. The summed E-state index contributed by atoms with van der Waals surface area (Å²) in [5.41, 5.74) is 0. The zero-order chi connectivity index (χ0) is 14.8. The Kier molecular flexibility index (Phi) is 4.42. The number of carboxylic acid groups (broad SMARTS) is 1. The highest BCUT2D eigenvalue weighted by atomic mass is 16.5. The third-order valence-corrected chi connectivity index (χ3v) is 4.69. The van der Waals surface area contributed by atoms with E-state index in [2.05, 4.69) is 10.2 Å². The molecule has 3 aliphatic rings. The molecule has 0 spiro atoms. The van der Waals surface area contributed by atoms with Crippen molar-refractivity contribution in [1.29, 1.82) is 0 Å². The molecular weight excluding hydrogens is 276 g/mol. The number of rotatable bonds is 5. The predicted octanol–water partition coefficient (Wildman–Crippen LogP) is -0.687. The first-order valence-corrected chi connectivity index (χ1v) is 7.63. The van der Waals surface area contributed by atoms with Gasteiger partial charge in [0.2, 0.25) is 5.91 Å². The Morgan fingerprint density at radius 1 is 1.14 bits per heavy atom. The summed E-state index contributed by atoms with van der Waals surface area (Å²) in [6.07, 6.45) is 1.02. The topological polar surface area (TPSA) is 88.1 Å². The highest BCUT2D eigenvalue weighted by Gasteiger charge is 2.55. The quantitative estimate of drug-likeness (QED) is 0.699. The van der Waals surface area contributed by atoms with Crippen molar-refractivity contribution in [2.75, 3.05) is 39.4 Å². The standard InChI is InChI=1S/C14H22N2O5/c17-13(15-3-4-16-5-7-20-8-6-16)11-9-1-2-10(21-9)12(11)14(18)19/h9-12H,1-8H2,(H,15,17)(H,18,19). The van der Waals surface area contributed by atoms with Gasteiger partial charge in [0.05, 0.1) is 37.3 Å². The van der Waals surface area contributed by atoms with E-state index in [1.807, 2.05) is 0 Å². The summed E-state index contributed by atoms with van der Waals surface area (Å²) in [4.78, 5) is 25.9. The molecule has 7 nitrogen and oxygen atoms in total. The van der Waals surface area contributed by atoms with Crippen molar-refractivity contribution < 1.29 is 24.2 Å². The summed E-state index contributed by atoms with van der Waals surface area (Å²) in [5, 5.41) is 12.2. The molecule has 4 unspecified atom stereocenters. The van der Waals surface area contributed by atoms with E-state index in [1.165, 1.54) is 0 Å². The number of carbonyl (C=O) groups excluding carboxylic acids is 1. The Labute approximate surface area is 123 Å². The first kappa shape index (κ1) is 14.7. The van der Waals surface area contributed by atoms with Crippen LogP contribution in [-0.4, -0.2) is 73.5 Å². The molecule has 0 aromatic heterocycles. The molecule has 3 aliphatic heterocycles. The van der Waals surface area contributed by atoms with Crippen LogP contribution in [-0.2, 0) is 19.1 Å². The van der Waals surface area contributed by atoms with E-state index in [0.717, 1.165) is 45.7 Å². The van der Waals surface area contributed by atoms with Crippen molar-refractivity contribution in [3.63, 3.8) is 0 Å². The Morgan fingerprint density at radius 3 is 2.48 bits per heavy atom. The van der Waals surface area contributed by atoms with E-state index in [-0.39, 0.29) is 18.1 Å². The largest absolute Gasteiger partial charge is 0.481 e. The molecule has 1 amide bonds. The third kappa shape index (κ3) is 3.04. The highest BCUT2D eigenvalue weighted by molar-refractivity contribution is 5.86. The summed E-state index contributed by atoms with van der Waals surface area (Å²) in [6.45, 7) is 4.54. The van der Waals surface area contributed by atoms with Gasteiger partial charge >= 0.3 is 5.97 Å². The molecule has 3 fully saturated rings. The molecule has 3 saturated heterocycles. The highest BCUT2D eigenvalue weighted by Crippen LogP contribution is 2.43. The van der Waals surface area contributed by atoms with Crippen LogP contribution in [0.3, 0.4) is 0 Å². The number of carboxylic acids is 1. The maximum absolute atomic E-state index is 12.3. The van der Waals surface area contributed by atoms with Gasteiger partial charge in [-0.2, -0.15) is 0 Å². The number of morpholine rings is 1. The lowest BCUT2D eigenvalue weighted by atomic mass is 9.79. The van der Waals surface area contributed by atoms with Crippen LogP contribution in [0.2, 0.25) is 0 Å². The van der Waals surface area contributed by atoms with Crippen LogP contribution in [0.15, 0.2) is 0 Å². The van der Waals surface area contributed by atoms with Gasteiger partial charge in [-0.25, -0.2) is 0 Å². The number of hydrogen-bond donors (Lipinski definition) is 2. The Balaban J connectivity index is 1.49. The minimum atomic E-state index is -0.921. The van der Waals surface area contributed by atoms with Crippen molar-refractivity contribution in [2.45, 2.75) is 25.0 Å². The molecule has 0 aromatic rings. The van der Waals surface area contributed by atoms with Crippen LogP contribution >= 0.6 is 0 Å². The fourth-order valence-electron chi connectivity index (χ4n) is 3.60. The molecule has 4 atom stereocenters. The molecule has 0 aliphatic carbocycles. The monoisotopic (exact) mass is 298 g/mol. The van der Waals surface area contributed by atoms with Gasteiger partial charge in [-0.15, -0.1) is 0 Å². The van der Waals surface area contributed by atoms with E-state index in [9.17, 15) is 14.7 Å². The number of nitrogens with zero attached hydrogens (tertiary/aromatic N) is 1. The lowest BCUT2D eigenvalue weighted by Crippen LogP contribution is -2.46. The maximum atomic E-state index is 12.3. The van der Waals surface area contributed by atoms with Gasteiger partial charge < -0.3 is 19.9 Å². The minimum Gasteiger partial charge on any atom is -0.481 e. The van der Waals surface area contributed by atoms with Crippen LogP contribution in [0.1, 0.15) is 12.8 Å². The van der Waals surface area contributed by atoms with E-state index >= 15 is 0 Å². The van der Waals surface area contributed by atoms with Gasteiger partial charge in [0.25, 0.3) is 0 Å². The Bertz CT molecular complexity index is 410. The number of carbonyl (C=O) groups is 2. The average molecular weight is 298 g/mol. The molecule has 0 saturated carbocycles. The van der Waals surface area contributed by atoms with Gasteiger partial charge in [0.1, 0.15) is 0 Å². The van der Waals surface area contributed by atoms with Crippen LogP contribution < -0.4 is 5.32 Å². The molecule has 7 heteroatoms. The summed E-state index contributed by atoms with van der Waals surface area (Å²) < 4.78 is 10.9. The van der Waals surface area contributed by atoms with Gasteiger partial charge in [-0.05, 0) is 12.8 Å². The zero-order valence-corrected chi connectivity index (χ0v) is 12.0. The van der Waals surface area contributed by atoms with Gasteiger partial charge in [-0.3, -0.25) is 14.5 Å². The third-order valence-electron chi connectivity index (χ3n) is 4.69. The number of fused-ring (bicyclic) bond motifs is 2. The second-order valence-electron chi connectivity index (χ2n) is 5.93. The smallest absolute Gasteiger partial charge is 0.310 e. The van der Waals surface area contributed by atoms with Crippen LogP contribution in [0.4, 0.5) is 0 Å². The van der Waals surface area contributed by atoms with Crippen LogP contribution in [0.25, 0.3) is 0 Å². The summed E-state index contributed by atoms with van der Waals surface area (Å²) >= 11 is 0.